The SMILES string of the molecule is CCCC1(CC)[n+]2ccccc2-c2cc(N(c3ccc(C)cc3)c3ccc(C)cc3)ccc2C1(C)CC. The van der Waals surface area contributed by atoms with Gasteiger partial charge in [0.2, 0.25) is 5.69 Å². The van der Waals surface area contributed by atoms with Crippen molar-refractivity contribution in [2.75, 3.05) is 4.90 Å². The molecule has 3 aromatic carbocycles. The van der Waals surface area contributed by atoms with E-state index in [-0.39, 0.29) is 11.0 Å². The van der Waals surface area contributed by atoms with Crippen molar-refractivity contribution in [3.05, 3.63) is 108 Å². The van der Waals surface area contributed by atoms with E-state index in [1.54, 1.807) is 0 Å². The summed E-state index contributed by atoms with van der Waals surface area (Å²) in [6.07, 6.45) is 6.90. The number of benzene rings is 3. The second-order valence-electron chi connectivity index (χ2n) is 11.0. The van der Waals surface area contributed by atoms with Crippen LogP contribution in [0.25, 0.3) is 11.3 Å². The molecule has 0 fully saturated rings. The molecule has 2 heterocycles. The summed E-state index contributed by atoms with van der Waals surface area (Å²) in [5.41, 5.74) is 10.4. The fourth-order valence-corrected chi connectivity index (χ4v) is 6.82. The van der Waals surface area contributed by atoms with Gasteiger partial charge in [0.1, 0.15) is 0 Å². The standard InChI is InChI=1S/C35H41N2/c1-7-23-35(9-3)34(6,8-2)32-22-21-30(25-31(32)33-12-10-11-24-36(33)35)37(28-17-13-26(4)14-18-28)29-19-15-27(5)16-20-29/h10-22,24-25H,7-9,23H2,1-6H3/q+1. The smallest absolute Gasteiger partial charge is 0.213 e. The molecule has 0 bridgehead atoms. The molecule has 0 radical (unpaired) electrons. The summed E-state index contributed by atoms with van der Waals surface area (Å²) >= 11 is 0. The van der Waals surface area contributed by atoms with Gasteiger partial charge in [-0.2, -0.15) is 4.57 Å². The molecule has 2 heteroatoms. The average molecular weight is 490 g/mol. The lowest BCUT2D eigenvalue weighted by Gasteiger charge is -2.48. The van der Waals surface area contributed by atoms with Gasteiger partial charge in [0.15, 0.2) is 11.7 Å². The molecular formula is C35H41N2+. The molecule has 1 aromatic heterocycles. The van der Waals surface area contributed by atoms with E-state index < -0.39 is 0 Å². The molecule has 5 rings (SSSR count). The predicted octanol–water partition coefficient (Wildman–Crippen LogP) is 9.31. The highest BCUT2D eigenvalue weighted by atomic mass is 15.1. The number of pyridine rings is 1. The molecule has 2 unspecified atom stereocenters. The Morgan fingerprint density at radius 2 is 1.30 bits per heavy atom. The van der Waals surface area contributed by atoms with E-state index in [9.17, 15) is 0 Å². The summed E-state index contributed by atoms with van der Waals surface area (Å²) < 4.78 is 2.62. The lowest BCUT2D eigenvalue weighted by molar-refractivity contribution is -0.770. The van der Waals surface area contributed by atoms with Crippen LogP contribution in [0.3, 0.4) is 0 Å². The maximum atomic E-state index is 2.62. The molecule has 0 saturated carbocycles. The van der Waals surface area contributed by atoms with Gasteiger partial charge in [-0.1, -0.05) is 62.2 Å². The number of hydrogen-bond donors (Lipinski definition) is 0. The molecule has 0 N–H and O–H groups in total. The van der Waals surface area contributed by atoms with Crippen molar-refractivity contribution in [3.8, 4) is 11.3 Å². The van der Waals surface area contributed by atoms with Crippen molar-refractivity contribution in [2.24, 2.45) is 0 Å². The van der Waals surface area contributed by atoms with Gasteiger partial charge in [-0.3, -0.25) is 0 Å². The summed E-state index contributed by atoms with van der Waals surface area (Å²) in [4.78, 5) is 2.39. The van der Waals surface area contributed by atoms with Crippen LogP contribution >= 0.6 is 0 Å². The van der Waals surface area contributed by atoms with Crippen LogP contribution < -0.4 is 9.47 Å². The van der Waals surface area contributed by atoms with Gasteiger partial charge in [-0.05, 0) is 81.6 Å². The Labute approximate surface area is 223 Å². The van der Waals surface area contributed by atoms with Crippen molar-refractivity contribution in [1.82, 2.24) is 0 Å². The van der Waals surface area contributed by atoms with Crippen LogP contribution in [0.5, 0.6) is 0 Å². The number of anilines is 3. The van der Waals surface area contributed by atoms with Crippen LogP contribution in [0, 0.1) is 13.8 Å². The molecule has 0 saturated heterocycles. The van der Waals surface area contributed by atoms with Crippen molar-refractivity contribution in [2.45, 2.75) is 78.2 Å². The van der Waals surface area contributed by atoms with E-state index in [1.165, 1.54) is 57.9 Å². The van der Waals surface area contributed by atoms with Gasteiger partial charge in [-0.15, -0.1) is 0 Å². The first-order chi connectivity index (χ1) is 17.9. The summed E-state index contributed by atoms with van der Waals surface area (Å²) in [6.45, 7) is 13.9. The second-order valence-corrected chi connectivity index (χ2v) is 11.0. The van der Waals surface area contributed by atoms with Crippen LogP contribution in [0.2, 0.25) is 0 Å². The fourth-order valence-electron chi connectivity index (χ4n) is 6.82. The van der Waals surface area contributed by atoms with Gasteiger partial charge in [0.05, 0.1) is 11.0 Å². The highest BCUT2D eigenvalue weighted by molar-refractivity contribution is 5.81. The minimum atomic E-state index is 0.0448. The van der Waals surface area contributed by atoms with Crippen molar-refractivity contribution >= 4 is 17.1 Å². The highest BCUT2D eigenvalue weighted by Gasteiger charge is 2.58. The van der Waals surface area contributed by atoms with Crippen LogP contribution in [0.15, 0.2) is 91.1 Å². The Kier molecular flexibility index (Phi) is 6.70. The number of aryl methyl sites for hydroxylation is 2. The number of nitrogens with zero attached hydrogens (tertiary/aromatic N) is 2. The fraction of sp³-hybridized carbons (Fsp3) is 0.343. The summed E-state index contributed by atoms with van der Waals surface area (Å²) in [7, 11) is 0. The minimum absolute atomic E-state index is 0.0448. The second kappa shape index (κ2) is 9.82. The lowest BCUT2D eigenvalue weighted by Crippen LogP contribution is -2.69. The van der Waals surface area contributed by atoms with Gasteiger partial charge in [-0.25, -0.2) is 0 Å². The molecule has 190 valence electrons. The maximum absolute atomic E-state index is 2.62. The molecule has 0 aliphatic carbocycles. The lowest BCUT2D eigenvalue weighted by atomic mass is 9.58. The highest BCUT2D eigenvalue weighted by Crippen LogP contribution is 2.52. The number of rotatable bonds is 7. The molecule has 4 aromatic rings. The first-order valence-electron chi connectivity index (χ1n) is 14.0. The average Bonchev–Trinajstić information content (AvgIpc) is 2.93. The quantitative estimate of drug-likeness (QED) is 0.235. The summed E-state index contributed by atoms with van der Waals surface area (Å²) in [6, 6.07) is 31.7. The summed E-state index contributed by atoms with van der Waals surface area (Å²) in [5, 5.41) is 0. The minimum Gasteiger partial charge on any atom is -0.310 e. The largest absolute Gasteiger partial charge is 0.310 e. The third-order valence-corrected chi connectivity index (χ3v) is 9.02. The van der Waals surface area contributed by atoms with E-state index in [2.05, 4.69) is 142 Å². The number of aromatic nitrogens is 1. The monoisotopic (exact) mass is 489 g/mol. The van der Waals surface area contributed by atoms with E-state index in [1.807, 2.05) is 0 Å². The Bertz CT molecular complexity index is 1340. The predicted molar refractivity (Wildman–Crippen MR) is 157 cm³/mol. The third-order valence-electron chi connectivity index (χ3n) is 9.02. The Hall–Kier alpha value is -3.39. The topological polar surface area (TPSA) is 7.12 Å². The molecule has 0 amide bonds. The van der Waals surface area contributed by atoms with E-state index in [0.717, 1.165) is 12.8 Å². The zero-order valence-corrected chi connectivity index (χ0v) is 23.4. The maximum Gasteiger partial charge on any atom is 0.213 e. The van der Waals surface area contributed by atoms with Crippen LogP contribution in [0.1, 0.15) is 70.1 Å². The van der Waals surface area contributed by atoms with Crippen molar-refractivity contribution < 1.29 is 4.57 Å². The van der Waals surface area contributed by atoms with E-state index >= 15 is 0 Å². The summed E-state index contributed by atoms with van der Waals surface area (Å²) in [5.74, 6) is 0. The van der Waals surface area contributed by atoms with Crippen LogP contribution in [-0.4, -0.2) is 0 Å². The first kappa shape index (κ1) is 25.3. The molecule has 2 atom stereocenters. The molecule has 2 nitrogen and oxygen atoms in total. The number of hydrogen-bond acceptors (Lipinski definition) is 1. The molecule has 1 aliphatic heterocycles. The van der Waals surface area contributed by atoms with Gasteiger partial charge >= 0.3 is 0 Å². The van der Waals surface area contributed by atoms with Crippen LogP contribution in [0.4, 0.5) is 17.1 Å². The van der Waals surface area contributed by atoms with Crippen molar-refractivity contribution in [3.63, 3.8) is 0 Å². The van der Waals surface area contributed by atoms with Gasteiger partial charge in [0, 0.05) is 42.0 Å². The normalized spacial score (nSPS) is 20.3. The zero-order valence-electron chi connectivity index (χ0n) is 23.4. The van der Waals surface area contributed by atoms with Gasteiger partial charge < -0.3 is 4.90 Å². The number of fused-ring (bicyclic) bond motifs is 3. The van der Waals surface area contributed by atoms with Crippen LogP contribution in [-0.2, 0) is 11.0 Å². The third kappa shape index (κ3) is 3.98. The molecule has 0 spiro atoms. The Morgan fingerprint density at radius 1 is 0.703 bits per heavy atom. The molecular weight excluding hydrogens is 448 g/mol. The Balaban J connectivity index is 1.76. The van der Waals surface area contributed by atoms with Crippen molar-refractivity contribution in [1.29, 1.82) is 0 Å². The molecule has 37 heavy (non-hydrogen) atoms. The van der Waals surface area contributed by atoms with Gasteiger partial charge in [0.25, 0.3) is 0 Å². The van der Waals surface area contributed by atoms with E-state index in [0.29, 0.717) is 0 Å². The first-order valence-corrected chi connectivity index (χ1v) is 14.0. The zero-order chi connectivity index (χ0) is 26.2. The molecule has 1 aliphatic rings. The Morgan fingerprint density at radius 3 is 1.84 bits per heavy atom. The van der Waals surface area contributed by atoms with E-state index in [4.69, 9.17) is 0 Å².